The van der Waals surface area contributed by atoms with E-state index in [9.17, 15) is 9.59 Å². The number of nitrogens with one attached hydrogen (secondary N) is 1. The molecule has 0 bridgehead atoms. The van der Waals surface area contributed by atoms with Crippen LogP contribution in [0.25, 0.3) is 0 Å². The van der Waals surface area contributed by atoms with Gasteiger partial charge in [0.2, 0.25) is 5.91 Å². The van der Waals surface area contributed by atoms with Crippen molar-refractivity contribution in [2.24, 2.45) is 5.92 Å². The Kier molecular flexibility index (Phi) is 5.75. The molecule has 0 aromatic carbocycles. The maximum absolute atomic E-state index is 12.1. The lowest BCUT2D eigenvalue weighted by atomic mass is 9.90. The molecule has 2 amide bonds. The van der Waals surface area contributed by atoms with Crippen molar-refractivity contribution >= 4 is 27.9 Å². The maximum atomic E-state index is 12.1. The number of hydrogen-bond donors (Lipinski definition) is 1. The normalized spacial score (nSPS) is 29.5. The predicted molar refractivity (Wildman–Crippen MR) is 89.0 cm³/mol. The zero-order valence-electron chi connectivity index (χ0n) is 13.7. The summed E-state index contributed by atoms with van der Waals surface area (Å²) < 4.78 is 5.29. The Bertz CT molecular complexity index is 414. The van der Waals surface area contributed by atoms with E-state index in [4.69, 9.17) is 4.74 Å². The van der Waals surface area contributed by atoms with E-state index in [1.165, 1.54) is 0 Å². The lowest BCUT2D eigenvalue weighted by molar-refractivity contribution is -0.130. The average molecular weight is 375 g/mol. The summed E-state index contributed by atoms with van der Waals surface area (Å²) in [6.07, 6.45) is 4.07. The smallest absolute Gasteiger partial charge is 0.407 e. The Labute approximate surface area is 141 Å². The van der Waals surface area contributed by atoms with Crippen LogP contribution in [0.2, 0.25) is 0 Å². The fourth-order valence-electron chi connectivity index (χ4n) is 3.27. The Hall–Kier alpha value is -0.780. The molecule has 2 fully saturated rings. The highest BCUT2D eigenvalue weighted by Crippen LogP contribution is 2.29. The molecule has 5 nitrogen and oxygen atoms in total. The molecule has 1 aliphatic heterocycles. The first-order valence-electron chi connectivity index (χ1n) is 8.13. The van der Waals surface area contributed by atoms with Crippen LogP contribution in [0.5, 0.6) is 0 Å². The minimum Gasteiger partial charge on any atom is -0.444 e. The summed E-state index contributed by atoms with van der Waals surface area (Å²) in [5.74, 6) is 0.734. The van der Waals surface area contributed by atoms with Gasteiger partial charge in [0.15, 0.2) is 0 Å². The van der Waals surface area contributed by atoms with Gasteiger partial charge in [-0.15, -0.1) is 0 Å². The maximum Gasteiger partial charge on any atom is 0.407 e. The SMILES string of the molecule is CC(C)(C)OC(=O)NC1CCC(N2CC(CBr)CC2=O)CC1. The van der Waals surface area contributed by atoms with Gasteiger partial charge in [-0.2, -0.15) is 0 Å². The molecule has 0 aromatic rings. The number of halogens is 1. The van der Waals surface area contributed by atoms with Crippen molar-refractivity contribution in [1.29, 1.82) is 0 Å². The standard InChI is InChI=1S/C16H27BrN2O3/c1-16(2,3)22-15(21)18-12-4-6-13(7-5-12)19-10-11(9-17)8-14(19)20/h11-13H,4-10H2,1-3H3,(H,18,21). The van der Waals surface area contributed by atoms with Gasteiger partial charge in [-0.05, 0) is 52.4 Å². The number of hydrogen-bond acceptors (Lipinski definition) is 3. The van der Waals surface area contributed by atoms with E-state index in [0.29, 0.717) is 18.4 Å². The van der Waals surface area contributed by atoms with Crippen LogP contribution in [0, 0.1) is 5.92 Å². The van der Waals surface area contributed by atoms with Gasteiger partial charge < -0.3 is 15.0 Å². The first kappa shape index (κ1) is 17.6. The van der Waals surface area contributed by atoms with Crippen LogP contribution in [-0.2, 0) is 9.53 Å². The summed E-state index contributed by atoms with van der Waals surface area (Å²) in [6.45, 7) is 6.47. The minimum absolute atomic E-state index is 0.163. The fourth-order valence-corrected chi connectivity index (χ4v) is 3.70. The summed E-state index contributed by atoms with van der Waals surface area (Å²) >= 11 is 3.48. The number of alkyl halides is 1. The summed E-state index contributed by atoms with van der Waals surface area (Å²) in [4.78, 5) is 25.9. The third-order valence-corrected chi connectivity index (χ3v) is 5.23. The molecule has 1 saturated carbocycles. The van der Waals surface area contributed by atoms with E-state index >= 15 is 0 Å². The molecule has 1 aliphatic carbocycles. The van der Waals surface area contributed by atoms with Gasteiger partial charge in [0.05, 0.1) is 0 Å². The summed E-state index contributed by atoms with van der Waals surface area (Å²) in [5, 5.41) is 3.84. The van der Waals surface area contributed by atoms with Crippen LogP contribution in [0.15, 0.2) is 0 Å². The first-order valence-corrected chi connectivity index (χ1v) is 9.25. The van der Waals surface area contributed by atoms with Crippen molar-refractivity contribution in [3.63, 3.8) is 0 Å². The van der Waals surface area contributed by atoms with Gasteiger partial charge in [-0.25, -0.2) is 4.79 Å². The topological polar surface area (TPSA) is 58.6 Å². The van der Waals surface area contributed by atoms with Crippen LogP contribution in [0.3, 0.4) is 0 Å². The second kappa shape index (κ2) is 7.20. The number of alkyl carbamates (subject to hydrolysis) is 1. The molecule has 2 aliphatic rings. The van der Waals surface area contributed by atoms with Crippen molar-refractivity contribution < 1.29 is 14.3 Å². The van der Waals surface area contributed by atoms with E-state index < -0.39 is 5.60 Å². The monoisotopic (exact) mass is 374 g/mol. The highest BCUT2D eigenvalue weighted by molar-refractivity contribution is 9.09. The molecular weight excluding hydrogens is 348 g/mol. The molecule has 126 valence electrons. The first-order chi connectivity index (χ1) is 10.3. The van der Waals surface area contributed by atoms with E-state index in [1.54, 1.807) is 0 Å². The number of nitrogens with zero attached hydrogens (tertiary/aromatic N) is 1. The van der Waals surface area contributed by atoms with Crippen molar-refractivity contribution in [2.45, 2.75) is 70.6 Å². The second-order valence-electron chi connectivity index (χ2n) is 7.42. The highest BCUT2D eigenvalue weighted by atomic mass is 79.9. The molecule has 1 atom stereocenters. The lowest BCUT2D eigenvalue weighted by Gasteiger charge is -2.35. The van der Waals surface area contributed by atoms with Crippen molar-refractivity contribution in [2.75, 3.05) is 11.9 Å². The van der Waals surface area contributed by atoms with Gasteiger partial charge in [0.25, 0.3) is 0 Å². The molecule has 22 heavy (non-hydrogen) atoms. The summed E-state index contributed by atoms with van der Waals surface area (Å²) in [6, 6.07) is 0.504. The number of likely N-dealkylation sites (tertiary alicyclic amines) is 1. The summed E-state index contributed by atoms with van der Waals surface area (Å²) in [5.41, 5.74) is -0.464. The number of ether oxygens (including phenoxy) is 1. The second-order valence-corrected chi connectivity index (χ2v) is 8.07. The molecule has 6 heteroatoms. The average Bonchev–Trinajstić information content (AvgIpc) is 2.79. The van der Waals surface area contributed by atoms with Gasteiger partial charge in [0, 0.05) is 30.4 Å². The van der Waals surface area contributed by atoms with Crippen molar-refractivity contribution in [3.05, 3.63) is 0 Å². The third kappa shape index (κ3) is 4.86. The van der Waals surface area contributed by atoms with Gasteiger partial charge in [-0.3, -0.25) is 4.79 Å². The van der Waals surface area contributed by atoms with Crippen LogP contribution in [-0.4, -0.2) is 46.5 Å². The highest BCUT2D eigenvalue weighted by Gasteiger charge is 2.36. The number of amides is 2. The van der Waals surface area contributed by atoms with E-state index in [0.717, 1.165) is 37.6 Å². The van der Waals surface area contributed by atoms with E-state index in [1.807, 2.05) is 20.8 Å². The Morgan fingerprint density at radius 1 is 1.32 bits per heavy atom. The van der Waals surface area contributed by atoms with E-state index in [-0.39, 0.29) is 18.0 Å². The molecular formula is C16H27BrN2O3. The number of rotatable bonds is 3. The van der Waals surface area contributed by atoms with Crippen LogP contribution in [0.4, 0.5) is 4.79 Å². The summed E-state index contributed by atoms with van der Waals surface area (Å²) in [7, 11) is 0. The third-order valence-electron chi connectivity index (χ3n) is 4.32. The quantitative estimate of drug-likeness (QED) is 0.772. The van der Waals surface area contributed by atoms with Gasteiger partial charge in [-0.1, -0.05) is 15.9 Å². The van der Waals surface area contributed by atoms with Crippen molar-refractivity contribution in [1.82, 2.24) is 10.2 Å². The van der Waals surface area contributed by atoms with E-state index in [2.05, 4.69) is 26.1 Å². The Morgan fingerprint density at radius 3 is 2.45 bits per heavy atom. The molecule has 0 spiro atoms. The zero-order chi connectivity index (χ0) is 16.3. The van der Waals surface area contributed by atoms with Gasteiger partial charge in [0.1, 0.15) is 5.60 Å². The molecule has 1 unspecified atom stereocenters. The molecule has 1 saturated heterocycles. The van der Waals surface area contributed by atoms with Crippen LogP contribution < -0.4 is 5.32 Å². The van der Waals surface area contributed by atoms with Crippen molar-refractivity contribution in [3.8, 4) is 0 Å². The lowest BCUT2D eigenvalue weighted by Crippen LogP contribution is -2.45. The fraction of sp³-hybridized carbons (Fsp3) is 0.875. The number of carbonyl (C=O) groups excluding carboxylic acids is 2. The van der Waals surface area contributed by atoms with Crippen LogP contribution in [0.1, 0.15) is 52.9 Å². The molecule has 2 rings (SSSR count). The molecule has 1 N–H and O–H groups in total. The van der Waals surface area contributed by atoms with Gasteiger partial charge >= 0.3 is 6.09 Å². The minimum atomic E-state index is -0.464. The zero-order valence-corrected chi connectivity index (χ0v) is 15.3. The Morgan fingerprint density at radius 2 is 1.95 bits per heavy atom. The van der Waals surface area contributed by atoms with Crippen LogP contribution >= 0.6 is 15.9 Å². The Balaban J connectivity index is 1.76. The molecule has 0 radical (unpaired) electrons. The largest absolute Gasteiger partial charge is 0.444 e. The number of carbonyl (C=O) groups is 2. The predicted octanol–water partition coefficient (Wildman–Crippen LogP) is 3.07. The molecule has 0 aromatic heterocycles. The molecule has 1 heterocycles.